The molecule has 0 amide bonds. The van der Waals surface area contributed by atoms with Crippen LogP contribution in [0.25, 0.3) is 0 Å². The second-order valence-corrected chi connectivity index (χ2v) is 7.75. The van der Waals surface area contributed by atoms with Crippen LogP contribution in [0.1, 0.15) is 52.4 Å². The largest absolute Gasteiger partial charge is 0.392 e. The molecular formula is C19H30O3. The summed E-state index contributed by atoms with van der Waals surface area (Å²) in [4.78, 5) is 11.6. The number of hydrogen-bond donors (Lipinski definition) is 2. The SMILES string of the molecule is C=CCCCC(C)(C)C(O)C=CC1C(O)CC2CC(=O)CC21. The highest BCUT2D eigenvalue weighted by Crippen LogP contribution is 2.47. The molecule has 5 unspecified atom stereocenters. The van der Waals surface area contributed by atoms with Gasteiger partial charge >= 0.3 is 0 Å². The molecule has 0 heterocycles. The van der Waals surface area contributed by atoms with Gasteiger partial charge < -0.3 is 10.2 Å². The molecule has 0 bridgehead atoms. The van der Waals surface area contributed by atoms with Crippen molar-refractivity contribution in [3.05, 3.63) is 24.8 Å². The van der Waals surface area contributed by atoms with Crippen LogP contribution in [0.5, 0.6) is 0 Å². The van der Waals surface area contributed by atoms with Crippen molar-refractivity contribution in [2.24, 2.45) is 23.2 Å². The fraction of sp³-hybridized carbons (Fsp3) is 0.737. The van der Waals surface area contributed by atoms with Crippen LogP contribution in [-0.4, -0.2) is 28.2 Å². The summed E-state index contributed by atoms with van der Waals surface area (Å²) in [7, 11) is 0. The molecule has 2 aliphatic rings. The van der Waals surface area contributed by atoms with Crippen molar-refractivity contribution in [2.75, 3.05) is 0 Å². The molecule has 22 heavy (non-hydrogen) atoms. The van der Waals surface area contributed by atoms with E-state index in [-0.39, 0.29) is 23.4 Å². The first kappa shape index (κ1) is 17.4. The van der Waals surface area contributed by atoms with Crippen molar-refractivity contribution in [1.82, 2.24) is 0 Å². The number of fused-ring (bicyclic) bond motifs is 1. The summed E-state index contributed by atoms with van der Waals surface area (Å²) < 4.78 is 0. The molecule has 2 saturated carbocycles. The van der Waals surface area contributed by atoms with Crippen LogP contribution in [0.3, 0.4) is 0 Å². The molecule has 0 saturated heterocycles. The monoisotopic (exact) mass is 306 g/mol. The number of aliphatic hydroxyl groups is 2. The van der Waals surface area contributed by atoms with Crippen molar-refractivity contribution < 1.29 is 15.0 Å². The van der Waals surface area contributed by atoms with Gasteiger partial charge in [-0.15, -0.1) is 6.58 Å². The maximum absolute atomic E-state index is 11.6. The number of rotatable bonds is 7. The Bertz CT molecular complexity index is 438. The molecule has 0 spiro atoms. The van der Waals surface area contributed by atoms with Crippen LogP contribution >= 0.6 is 0 Å². The number of aliphatic hydroxyl groups excluding tert-OH is 2. The average molecular weight is 306 g/mol. The van der Waals surface area contributed by atoms with E-state index in [2.05, 4.69) is 20.4 Å². The van der Waals surface area contributed by atoms with Crippen LogP contribution in [-0.2, 0) is 4.79 Å². The van der Waals surface area contributed by atoms with Gasteiger partial charge in [-0.2, -0.15) is 0 Å². The first-order valence-corrected chi connectivity index (χ1v) is 8.52. The minimum atomic E-state index is -0.527. The molecule has 0 aromatic heterocycles. The van der Waals surface area contributed by atoms with Gasteiger partial charge in [0, 0.05) is 18.8 Å². The van der Waals surface area contributed by atoms with Crippen molar-refractivity contribution in [2.45, 2.75) is 64.6 Å². The summed E-state index contributed by atoms with van der Waals surface area (Å²) in [5, 5.41) is 20.7. The lowest BCUT2D eigenvalue weighted by molar-refractivity contribution is -0.118. The fourth-order valence-electron chi connectivity index (χ4n) is 4.03. The zero-order chi connectivity index (χ0) is 16.3. The Balaban J connectivity index is 1.95. The third-order valence-corrected chi connectivity index (χ3v) is 5.59. The van der Waals surface area contributed by atoms with Gasteiger partial charge in [-0.3, -0.25) is 4.79 Å². The average Bonchev–Trinajstić information content (AvgIpc) is 2.91. The van der Waals surface area contributed by atoms with E-state index < -0.39 is 6.10 Å². The number of allylic oxidation sites excluding steroid dienone is 1. The van der Waals surface area contributed by atoms with Crippen molar-refractivity contribution in [1.29, 1.82) is 0 Å². The molecule has 0 aromatic carbocycles. The maximum Gasteiger partial charge on any atom is 0.133 e. The van der Waals surface area contributed by atoms with Crippen LogP contribution in [0.2, 0.25) is 0 Å². The minimum absolute atomic E-state index is 0.0232. The van der Waals surface area contributed by atoms with Crippen LogP contribution in [0.15, 0.2) is 24.8 Å². The molecule has 3 heteroatoms. The van der Waals surface area contributed by atoms with Crippen LogP contribution < -0.4 is 0 Å². The van der Waals surface area contributed by atoms with Gasteiger partial charge in [0.15, 0.2) is 0 Å². The predicted molar refractivity (Wildman–Crippen MR) is 88.3 cm³/mol. The van der Waals surface area contributed by atoms with Gasteiger partial charge in [-0.25, -0.2) is 0 Å². The topological polar surface area (TPSA) is 57.5 Å². The van der Waals surface area contributed by atoms with E-state index in [1.807, 2.05) is 18.2 Å². The van der Waals surface area contributed by atoms with Gasteiger partial charge in [-0.1, -0.05) is 32.1 Å². The molecular weight excluding hydrogens is 276 g/mol. The van der Waals surface area contributed by atoms with E-state index in [1.165, 1.54) is 0 Å². The third-order valence-electron chi connectivity index (χ3n) is 5.59. The second-order valence-electron chi connectivity index (χ2n) is 7.75. The molecule has 0 aliphatic heterocycles. The Morgan fingerprint density at radius 1 is 1.41 bits per heavy atom. The minimum Gasteiger partial charge on any atom is -0.392 e. The normalized spacial score (nSPS) is 33.4. The standard InChI is InChI=1S/C19H30O3/c1-4-5-6-9-19(2,3)18(22)8-7-15-16-12-14(20)10-13(16)11-17(15)21/h4,7-8,13,15-18,21-22H,1,5-6,9-12H2,2-3H3. The van der Waals surface area contributed by atoms with Gasteiger partial charge in [0.05, 0.1) is 12.2 Å². The van der Waals surface area contributed by atoms with Gasteiger partial charge in [0.2, 0.25) is 0 Å². The van der Waals surface area contributed by atoms with E-state index in [4.69, 9.17) is 0 Å². The quantitative estimate of drug-likeness (QED) is 0.560. The van der Waals surface area contributed by atoms with Gasteiger partial charge in [-0.05, 0) is 42.9 Å². The zero-order valence-electron chi connectivity index (χ0n) is 13.9. The zero-order valence-corrected chi connectivity index (χ0v) is 13.9. The van der Waals surface area contributed by atoms with Crippen LogP contribution in [0, 0.1) is 23.2 Å². The number of carbonyl (C=O) groups excluding carboxylic acids is 1. The Kier molecular flexibility index (Phi) is 5.62. The molecule has 124 valence electrons. The number of unbranched alkanes of at least 4 members (excludes halogenated alkanes) is 1. The Morgan fingerprint density at radius 2 is 2.14 bits per heavy atom. The number of hydrogen-bond acceptors (Lipinski definition) is 3. The van der Waals surface area contributed by atoms with E-state index in [0.29, 0.717) is 24.5 Å². The highest BCUT2D eigenvalue weighted by atomic mass is 16.3. The molecule has 3 nitrogen and oxygen atoms in total. The Morgan fingerprint density at radius 3 is 2.82 bits per heavy atom. The van der Waals surface area contributed by atoms with Crippen molar-refractivity contribution in [3.63, 3.8) is 0 Å². The predicted octanol–water partition coefficient (Wildman–Crippen LogP) is 3.26. The summed E-state index contributed by atoms with van der Waals surface area (Å²) in [5.74, 6) is 0.963. The number of ketones is 1. The number of carbonyl (C=O) groups is 1. The summed E-state index contributed by atoms with van der Waals surface area (Å²) in [6.07, 6.45) is 9.69. The summed E-state index contributed by atoms with van der Waals surface area (Å²) in [6.45, 7) is 7.86. The second kappa shape index (κ2) is 7.10. The van der Waals surface area contributed by atoms with Crippen molar-refractivity contribution in [3.8, 4) is 0 Å². The van der Waals surface area contributed by atoms with E-state index in [9.17, 15) is 15.0 Å². The summed E-state index contributed by atoms with van der Waals surface area (Å²) >= 11 is 0. The molecule has 2 rings (SSSR count). The molecule has 2 fully saturated rings. The lowest BCUT2D eigenvalue weighted by atomic mass is 9.80. The highest BCUT2D eigenvalue weighted by molar-refractivity contribution is 5.81. The first-order valence-electron chi connectivity index (χ1n) is 8.52. The Labute approximate surface area is 134 Å². The van der Waals surface area contributed by atoms with E-state index >= 15 is 0 Å². The Hall–Kier alpha value is -0.930. The van der Waals surface area contributed by atoms with E-state index in [0.717, 1.165) is 25.7 Å². The molecule has 5 atom stereocenters. The molecule has 0 aromatic rings. The van der Waals surface area contributed by atoms with Crippen molar-refractivity contribution >= 4 is 5.78 Å². The third kappa shape index (κ3) is 3.88. The number of Topliss-reactive ketones (excluding diaryl/α,β-unsaturated/α-hetero) is 1. The van der Waals surface area contributed by atoms with Crippen LogP contribution in [0.4, 0.5) is 0 Å². The lowest BCUT2D eigenvalue weighted by Gasteiger charge is -2.29. The fourth-order valence-corrected chi connectivity index (χ4v) is 4.03. The summed E-state index contributed by atoms with van der Waals surface area (Å²) in [6, 6.07) is 0. The van der Waals surface area contributed by atoms with E-state index in [1.54, 1.807) is 0 Å². The van der Waals surface area contributed by atoms with Gasteiger partial charge in [0.25, 0.3) is 0 Å². The maximum atomic E-state index is 11.6. The molecule has 2 N–H and O–H groups in total. The molecule has 0 radical (unpaired) electrons. The molecule has 2 aliphatic carbocycles. The summed E-state index contributed by atoms with van der Waals surface area (Å²) in [5.41, 5.74) is -0.187. The highest BCUT2D eigenvalue weighted by Gasteiger charge is 2.46. The van der Waals surface area contributed by atoms with Gasteiger partial charge in [0.1, 0.15) is 5.78 Å². The smallest absolute Gasteiger partial charge is 0.133 e. The lowest BCUT2D eigenvalue weighted by Crippen LogP contribution is -2.28. The first-order chi connectivity index (χ1) is 10.3.